The molecule has 0 bridgehead atoms. The summed E-state index contributed by atoms with van der Waals surface area (Å²) in [5.74, 6) is -0.437. The highest BCUT2D eigenvalue weighted by atomic mass is 35.5. The number of hydrogen-bond acceptors (Lipinski definition) is 2. The molecule has 1 N–H and O–H groups in total. The molecule has 1 amide bonds. The van der Waals surface area contributed by atoms with Crippen molar-refractivity contribution in [3.63, 3.8) is 0 Å². The summed E-state index contributed by atoms with van der Waals surface area (Å²) in [6, 6.07) is 3.25. The van der Waals surface area contributed by atoms with Crippen molar-refractivity contribution >= 4 is 23.2 Å². The lowest BCUT2D eigenvalue weighted by Crippen LogP contribution is -2.27. The lowest BCUT2D eigenvalue weighted by atomic mass is 10.1. The SMILES string of the molecule is O=C(Nc1ccc(Cl)c(C(F)(F)F)c1)[C@H]1CCCO1. The predicted octanol–water partition coefficient (Wildman–Crippen LogP) is 3.48. The summed E-state index contributed by atoms with van der Waals surface area (Å²) >= 11 is 5.49. The number of alkyl halides is 3. The molecule has 0 aliphatic carbocycles. The molecule has 7 heteroatoms. The molecule has 2 rings (SSSR count). The average molecular weight is 294 g/mol. The molecule has 1 atom stereocenters. The van der Waals surface area contributed by atoms with E-state index in [0.29, 0.717) is 13.0 Å². The van der Waals surface area contributed by atoms with E-state index in [1.165, 1.54) is 6.07 Å². The van der Waals surface area contributed by atoms with E-state index in [2.05, 4.69) is 5.32 Å². The Bertz CT molecular complexity index is 484. The van der Waals surface area contributed by atoms with Crippen LogP contribution in [0.25, 0.3) is 0 Å². The molecule has 0 saturated carbocycles. The van der Waals surface area contributed by atoms with Crippen molar-refractivity contribution < 1.29 is 22.7 Å². The van der Waals surface area contributed by atoms with Crippen LogP contribution in [-0.2, 0) is 15.7 Å². The quantitative estimate of drug-likeness (QED) is 0.906. The summed E-state index contributed by atoms with van der Waals surface area (Å²) in [7, 11) is 0. The Hall–Kier alpha value is -1.27. The second-order valence-corrected chi connectivity index (χ2v) is 4.59. The summed E-state index contributed by atoms with van der Waals surface area (Å²) in [5.41, 5.74) is -0.920. The molecule has 0 radical (unpaired) electrons. The third-order valence-electron chi connectivity index (χ3n) is 2.76. The van der Waals surface area contributed by atoms with Gasteiger partial charge in [0.05, 0.1) is 10.6 Å². The third-order valence-corrected chi connectivity index (χ3v) is 3.09. The number of anilines is 1. The summed E-state index contributed by atoms with van der Waals surface area (Å²) in [6.45, 7) is 0.493. The Morgan fingerprint density at radius 1 is 1.42 bits per heavy atom. The van der Waals surface area contributed by atoms with E-state index in [-0.39, 0.29) is 5.69 Å². The van der Waals surface area contributed by atoms with E-state index in [1.54, 1.807) is 0 Å². The van der Waals surface area contributed by atoms with Crippen LogP contribution in [0.15, 0.2) is 18.2 Å². The largest absolute Gasteiger partial charge is 0.417 e. The van der Waals surface area contributed by atoms with E-state index in [9.17, 15) is 18.0 Å². The molecule has 1 heterocycles. The topological polar surface area (TPSA) is 38.3 Å². The summed E-state index contributed by atoms with van der Waals surface area (Å²) in [5, 5.41) is 2.00. The molecule has 19 heavy (non-hydrogen) atoms. The summed E-state index contributed by atoms with van der Waals surface area (Å²) in [4.78, 5) is 11.7. The number of carbonyl (C=O) groups is 1. The first-order valence-electron chi connectivity index (χ1n) is 5.67. The second-order valence-electron chi connectivity index (χ2n) is 4.18. The second kappa shape index (κ2) is 5.38. The molecule has 0 spiro atoms. The van der Waals surface area contributed by atoms with E-state index >= 15 is 0 Å². The van der Waals surface area contributed by atoms with Crippen LogP contribution in [0.1, 0.15) is 18.4 Å². The van der Waals surface area contributed by atoms with Gasteiger partial charge in [-0.1, -0.05) is 11.6 Å². The van der Waals surface area contributed by atoms with Crippen LogP contribution in [-0.4, -0.2) is 18.6 Å². The Morgan fingerprint density at radius 3 is 2.74 bits per heavy atom. The molecular formula is C12H11ClF3NO2. The van der Waals surface area contributed by atoms with Gasteiger partial charge in [-0.15, -0.1) is 0 Å². The number of ether oxygens (including phenoxy) is 1. The smallest absolute Gasteiger partial charge is 0.368 e. The van der Waals surface area contributed by atoms with Crippen molar-refractivity contribution in [3.05, 3.63) is 28.8 Å². The van der Waals surface area contributed by atoms with E-state index < -0.39 is 28.8 Å². The van der Waals surface area contributed by atoms with Gasteiger partial charge in [0.15, 0.2) is 0 Å². The lowest BCUT2D eigenvalue weighted by Gasteiger charge is -2.13. The molecule has 104 valence electrons. The standard InChI is InChI=1S/C12H11ClF3NO2/c13-9-4-3-7(6-8(9)12(14,15)16)17-11(18)10-2-1-5-19-10/h3-4,6,10H,1-2,5H2,(H,17,18)/t10-/m1/s1. The first-order valence-corrected chi connectivity index (χ1v) is 6.05. The summed E-state index contributed by atoms with van der Waals surface area (Å²) in [6.07, 6.45) is -3.80. The first kappa shape index (κ1) is 14.1. The zero-order valence-electron chi connectivity index (χ0n) is 9.76. The fourth-order valence-corrected chi connectivity index (χ4v) is 2.05. The van der Waals surface area contributed by atoms with E-state index in [1.807, 2.05) is 0 Å². The first-order chi connectivity index (χ1) is 8.88. The Morgan fingerprint density at radius 2 is 2.16 bits per heavy atom. The number of hydrogen-bond donors (Lipinski definition) is 1. The minimum Gasteiger partial charge on any atom is -0.368 e. The molecule has 1 aliphatic rings. The van der Waals surface area contributed by atoms with Crippen molar-refractivity contribution in [3.8, 4) is 0 Å². The van der Waals surface area contributed by atoms with Gasteiger partial charge in [-0.2, -0.15) is 13.2 Å². The van der Waals surface area contributed by atoms with Gasteiger partial charge in [0.2, 0.25) is 0 Å². The van der Waals surface area contributed by atoms with Gasteiger partial charge in [0.1, 0.15) is 6.10 Å². The molecule has 1 fully saturated rings. The molecule has 1 aromatic carbocycles. The Labute approximate surface area is 112 Å². The van der Waals surface area contributed by atoms with Crippen LogP contribution in [0.2, 0.25) is 5.02 Å². The average Bonchev–Trinajstić information content (AvgIpc) is 2.83. The third kappa shape index (κ3) is 3.39. The van der Waals surface area contributed by atoms with E-state index in [0.717, 1.165) is 18.6 Å². The van der Waals surface area contributed by atoms with Crippen LogP contribution in [0.4, 0.5) is 18.9 Å². The number of halogens is 4. The maximum absolute atomic E-state index is 12.6. The minimum absolute atomic E-state index is 0.0530. The fourth-order valence-electron chi connectivity index (χ4n) is 1.83. The highest BCUT2D eigenvalue weighted by Gasteiger charge is 2.33. The normalized spacial score (nSPS) is 19.5. The van der Waals surface area contributed by atoms with Gasteiger partial charge in [-0.05, 0) is 31.0 Å². The van der Waals surface area contributed by atoms with Gasteiger partial charge >= 0.3 is 6.18 Å². The maximum Gasteiger partial charge on any atom is 0.417 e. The zero-order chi connectivity index (χ0) is 14.0. The molecule has 3 nitrogen and oxygen atoms in total. The number of benzene rings is 1. The monoisotopic (exact) mass is 293 g/mol. The van der Waals surface area contributed by atoms with Crippen LogP contribution in [0, 0.1) is 0 Å². The Balaban J connectivity index is 2.15. The van der Waals surface area contributed by atoms with Crippen LogP contribution in [0.3, 0.4) is 0 Å². The summed E-state index contributed by atoms with van der Waals surface area (Å²) < 4.78 is 43.1. The van der Waals surface area contributed by atoms with E-state index in [4.69, 9.17) is 16.3 Å². The van der Waals surface area contributed by atoms with Gasteiger partial charge < -0.3 is 10.1 Å². The molecule has 0 unspecified atom stereocenters. The number of nitrogens with one attached hydrogen (secondary N) is 1. The van der Waals surface area contributed by atoms with Crippen molar-refractivity contribution in [1.82, 2.24) is 0 Å². The van der Waals surface area contributed by atoms with Crippen molar-refractivity contribution in [1.29, 1.82) is 0 Å². The van der Waals surface area contributed by atoms with Gasteiger partial charge in [0.25, 0.3) is 5.91 Å². The highest BCUT2D eigenvalue weighted by molar-refractivity contribution is 6.31. The maximum atomic E-state index is 12.6. The number of amides is 1. The Kier molecular flexibility index (Phi) is 4.01. The van der Waals surface area contributed by atoms with Crippen LogP contribution in [0.5, 0.6) is 0 Å². The van der Waals surface area contributed by atoms with Crippen LogP contribution >= 0.6 is 11.6 Å². The van der Waals surface area contributed by atoms with Crippen molar-refractivity contribution in [2.45, 2.75) is 25.1 Å². The fraction of sp³-hybridized carbons (Fsp3) is 0.417. The molecule has 0 aromatic heterocycles. The van der Waals surface area contributed by atoms with Crippen LogP contribution < -0.4 is 5.32 Å². The van der Waals surface area contributed by atoms with Crippen molar-refractivity contribution in [2.75, 3.05) is 11.9 Å². The van der Waals surface area contributed by atoms with Crippen molar-refractivity contribution in [2.24, 2.45) is 0 Å². The zero-order valence-corrected chi connectivity index (χ0v) is 10.5. The lowest BCUT2D eigenvalue weighted by molar-refractivity contribution is -0.137. The highest BCUT2D eigenvalue weighted by Crippen LogP contribution is 2.36. The predicted molar refractivity (Wildman–Crippen MR) is 64.1 cm³/mol. The minimum atomic E-state index is -4.55. The van der Waals surface area contributed by atoms with Gasteiger partial charge in [-0.25, -0.2) is 0 Å². The molecule has 1 aliphatic heterocycles. The van der Waals surface area contributed by atoms with Gasteiger partial charge in [-0.3, -0.25) is 4.79 Å². The molecule has 1 saturated heterocycles. The number of carbonyl (C=O) groups excluding carboxylic acids is 1. The molecular weight excluding hydrogens is 283 g/mol. The van der Waals surface area contributed by atoms with Gasteiger partial charge in [0, 0.05) is 12.3 Å². The number of rotatable bonds is 2. The molecule has 1 aromatic rings.